The molecule has 0 amide bonds. The molecule has 0 spiro atoms. The third-order valence-corrected chi connectivity index (χ3v) is 3.41. The van der Waals surface area contributed by atoms with Crippen molar-refractivity contribution in [2.75, 3.05) is 33.3 Å². The minimum absolute atomic E-state index is 0.399. The number of nitrogens with one attached hydrogen (secondary N) is 1. The molecule has 1 aliphatic rings. The first-order valence-corrected chi connectivity index (χ1v) is 6.71. The summed E-state index contributed by atoms with van der Waals surface area (Å²) in [5.74, 6) is 0. The molecule has 16 heavy (non-hydrogen) atoms. The second kappa shape index (κ2) is 8.04. The van der Waals surface area contributed by atoms with E-state index in [1.54, 1.807) is 7.11 Å². The molecule has 0 radical (unpaired) electrons. The third kappa shape index (κ3) is 5.83. The lowest BCUT2D eigenvalue weighted by molar-refractivity contribution is 0.109. The van der Waals surface area contributed by atoms with Gasteiger partial charge in [0, 0.05) is 19.7 Å². The molecule has 3 nitrogen and oxygen atoms in total. The maximum atomic E-state index is 5.23. The molecule has 3 heteroatoms. The quantitative estimate of drug-likeness (QED) is 0.642. The topological polar surface area (TPSA) is 24.5 Å². The van der Waals surface area contributed by atoms with Crippen LogP contribution in [0.3, 0.4) is 0 Å². The average molecular weight is 228 g/mol. The molecule has 1 saturated heterocycles. The van der Waals surface area contributed by atoms with Gasteiger partial charge in [-0.15, -0.1) is 0 Å². The van der Waals surface area contributed by atoms with Gasteiger partial charge >= 0.3 is 0 Å². The molecule has 0 bridgehead atoms. The Hall–Kier alpha value is -0.120. The molecule has 96 valence electrons. The first-order valence-electron chi connectivity index (χ1n) is 6.71. The zero-order chi connectivity index (χ0) is 11.8. The van der Waals surface area contributed by atoms with Gasteiger partial charge in [-0.05, 0) is 59.2 Å². The molecule has 0 saturated carbocycles. The van der Waals surface area contributed by atoms with Gasteiger partial charge in [-0.1, -0.05) is 0 Å². The molecule has 0 aromatic heterocycles. The van der Waals surface area contributed by atoms with Crippen molar-refractivity contribution in [1.29, 1.82) is 0 Å². The van der Waals surface area contributed by atoms with Crippen LogP contribution in [0.15, 0.2) is 0 Å². The van der Waals surface area contributed by atoms with E-state index in [0.717, 1.165) is 13.0 Å². The highest BCUT2D eigenvalue weighted by atomic mass is 16.5. The minimum Gasteiger partial charge on any atom is -0.382 e. The number of ether oxygens (including phenoxy) is 1. The lowest BCUT2D eigenvalue weighted by Gasteiger charge is -2.21. The lowest BCUT2D eigenvalue weighted by Crippen LogP contribution is -2.38. The van der Waals surface area contributed by atoms with Gasteiger partial charge in [-0.25, -0.2) is 0 Å². The summed E-state index contributed by atoms with van der Waals surface area (Å²) >= 11 is 0. The Bertz CT molecular complexity index is 169. The fourth-order valence-corrected chi connectivity index (χ4v) is 2.27. The van der Waals surface area contributed by atoms with Crippen molar-refractivity contribution < 1.29 is 4.74 Å². The largest absolute Gasteiger partial charge is 0.382 e. The Morgan fingerprint density at radius 3 is 2.56 bits per heavy atom. The predicted octanol–water partition coefficient (Wildman–Crippen LogP) is 1.88. The molecule has 1 rings (SSSR count). The minimum atomic E-state index is 0.399. The van der Waals surface area contributed by atoms with E-state index in [9.17, 15) is 0 Å². The van der Waals surface area contributed by atoms with Gasteiger partial charge < -0.3 is 15.0 Å². The normalized spacial score (nSPS) is 21.2. The summed E-state index contributed by atoms with van der Waals surface area (Å²) in [7, 11) is 1.79. The van der Waals surface area contributed by atoms with Crippen LogP contribution in [0.5, 0.6) is 0 Å². The Morgan fingerprint density at radius 2 is 1.94 bits per heavy atom. The van der Waals surface area contributed by atoms with Crippen LogP contribution in [0.1, 0.15) is 39.5 Å². The molecule has 2 atom stereocenters. The van der Waals surface area contributed by atoms with Crippen LogP contribution in [0.4, 0.5) is 0 Å². The summed E-state index contributed by atoms with van der Waals surface area (Å²) < 4.78 is 5.23. The predicted molar refractivity (Wildman–Crippen MR) is 68.8 cm³/mol. The van der Waals surface area contributed by atoms with Crippen LogP contribution < -0.4 is 5.32 Å². The summed E-state index contributed by atoms with van der Waals surface area (Å²) in [6.07, 6.45) is 5.53. The Labute approximate surface area is 101 Å². The average Bonchev–Trinajstić information content (AvgIpc) is 2.76. The highest BCUT2D eigenvalue weighted by Crippen LogP contribution is 2.07. The first kappa shape index (κ1) is 13.9. The van der Waals surface area contributed by atoms with E-state index in [0.29, 0.717) is 12.1 Å². The van der Waals surface area contributed by atoms with Gasteiger partial charge in [0.05, 0.1) is 6.10 Å². The molecule has 2 unspecified atom stereocenters. The first-order chi connectivity index (χ1) is 7.72. The Balaban J connectivity index is 1.95. The van der Waals surface area contributed by atoms with Crippen molar-refractivity contribution in [3.05, 3.63) is 0 Å². The van der Waals surface area contributed by atoms with Crippen LogP contribution in [-0.2, 0) is 4.74 Å². The standard InChI is InChI=1S/C13H28N2O/c1-12(11-15-9-4-5-10-15)14-8-6-7-13(2)16-3/h12-14H,4-11H2,1-3H3. The van der Waals surface area contributed by atoms with E-state index < -0.39 is 0 Å². The molecule has 1 fully saturated rings. The smallest absolute Gasteiger partial charge is 0.0543 e. The van der Waals surface area contributed by atoms with Crippen molar-refractivity contribution in [3.63, 3.8) is 0 Å². The van der Waals surface area contributed by atoms with Gasteiger partial charge in [0.25, 0.3) is 0 Å². The zero-order valence-corrected chi connectivity index (χ0v) is 11.2. The number of hydrogen-bond donors (Lipinski definition) is 1. The van der Waals surface area contributed by atoms with Gasteiger partial charge in [0.15, 0.2) is 0 Å². The van der Waals surface area contributed by atoms with Crippen LogP contribution >= 0.6 is 0 Å². The molecule has 1 heterocycles. The zero-order valence-electron chi connectivity index (χ0n) is 11.2. The van der Waals surface area contributed by atoms with Crippen LogP contribution in [0.25, 0.3) is 0 Å². The van der Waals surface area contributed by atoms with Gasteiger partial charge in [-0.2, -0.15) is 0 Å². The fourth-order valence-electron chi connectivity index (χ4n) is 2.27. The highest BCUT2D eigenvalue weighted by molar-refractivity contribution is 4.72. The van der Waals surface area contributed by atoms with E-state index in [1.165, 1.54) is 38.9 Å². The number of likely N-dealkylation sites (tertiary alicyclic amines) is 1. The van der Waals surface area contributed by atoms with Crippen LogP contribution in [-0.4, -0.2) is 50.3 Å². The number of nitrogens with zero attached hydrogens (tertiary/aromatic N) is 1. The molecular formula is C13H28N2O. The van der Waals surface area contributed by atoms with Crippen molar-refractivity contribution in [1.82, 2.24) is 10.2 Å². The van der Waals surface area contributed by atoms with E-state index >= 15 is 0 Å². The number of hydrogen-bond acceptors (Lipinski definition) is 3. The van der Waals surface area contributed by atoms with Crippen molar-refractivity contribution in [2.24, 2.45) is 0 Å². The monoisotopic (exact) mass is 228 g/mol. The SMILES string of the molecule is COC(C)CCCNC(C)CN1CCCC1. The lowest BCUT2D eigenvalue weighted by atomic mass is 10.2. The number of methoxy groups -OCH3 is 1. The van der Waals surface area contributed by atoms with Crippen molar-refractivity contribution >= 4 is 0 Å². The van der Waals surface area contributed by atoms with Gasteiger partial charge in [-0.3, -0.25) is 0 Å². The molecule has 0 aliphatic carbocycles. The second-order valence-corrected chi connectivity index (χ2v) is 5.05. The summed E-state index contributed by atoms with van der Waals surface area (Å²) in [4.78, 5) is 2.56. The summed E-state index contributed by atoms with van der Waals surface area (Å²) in [5, 5.41) is 3.59. The Kier molecular flexibility index (Phi) is 7.01. The maximum Gasteiger partial charge on any atom is 0.0543 e. The summed E-state index contributed by atoms with van der Waals surface area (Å²) in [6, 6.07) is 0.621. The molecule has 1 aliphatic heterocycles. The second-order valence-electron chi connectivity index (χ2n) is 5.05. The maximum absolute atomic E-state index is 5.23. The van der Waals surface area contributed by atoms with Crippen LogP contribution in [0.2, 0.25) is 0 Å². The Morgan fingerprint density at radius 1 is 1.25 bits per heavy atom. The van der Waals surface area contributed by atoms with Gasteiger partial charge in [0.2, 0.25) is 0 Å². The third-order valence-electron chi connectivity index (χ3n) is 3.41. The molecule has 0 aromatic rings. The number of rotatable bonds is 8. The van der Waals surface area contributed by atoms with Crippen molar-refractivity contribution in [3.8, 4) is 0 Å². The van der Waals surface area contributed by atoms with Crippen molar-refractivity contribution in [2.45, 2.75) is 51.7 Å². The van der Waals surface area contributed by atoms with E-state index in [4.69, 9.17) is 4.74 Å². The van der Waals surface area contributed by atoms with Gasteiger partial charge in [0.1, 0.15) is 0 Å². The molecular weight excluding hydrogens is 200 g/mol. The van der Waals surface area contributed by atoms with E-state index in [2.05, 4.69) is 24.1 Å². The summed E-state index contributed by atoms with van der Waals surface area (Å²) in [5.41, 5.74) is 0. The van der Waals surface area contributed by atoms with Crippen LogP contribution in [0, 0.1) is 0 Å². The molecule has 0 aromatic carbocycles. The highest BCUT2D eigenvalue weighted by Gasteiger charge is 2.13. The molecule has 1 N–H and O–H groups in total. The van der Waals surface area contributed by atoms with E-state index in [1.807, 2.05) is 0 Å². The fraction of sp³-hybridized carbons (Fsp3) is 1.00. The van der Waals surface area contributed by atoms with E-state index in [-0.39, 0.29) is 0 Å². The summed E-state index contributed by atoms with van der Waals surface area (Å²) in [6.45, 7) is 9.34.